The van der Waals surface area contributed by atoms with Gasteiger partial charge in [-0.05, 0) is 60.2 Å². The Labute approximate surface area is 364 Å². The third-order valence-electron chi connectivity index (χ3n) is 12.8. The first-order valence-corrected chi connectivity index (χ1v) is 21.4. The lowest BCUT2D eigenvalue weighted by Gasteiger charge is -2.14. The molecule has 0 fully saturated rings. The van der Waals surface area contributed by atoms with Gasteiger partial charge in [0.25, 0.3) is 0 Å². The highest BCUT2D eigenvalue weighted by molar-refractivity contribution is 6.19. The molecular weight excluding hydrogens is 787 g/mol. The van der Waals surface area contributed by atoms with Crippen molar-refractivity contribution in [2.75, 3.05) is 0 Å². The summed E-state index contributed by atoms with van der Waals surface area (Å²) in [5, 5.41) is 8.55. The minimum absolute atomic E-state index is 0.491. The molecule has 14 aromatic rings. The van der Waals surface area contributed by atoms with Gasteiger partial charge in [-0.1, -0.05) is 146 Å². The van der Waals surface area contributed by atoms with Crippen molar-refractivity contribution in [3.05, 3.63) is 200 Å². The van der Waals surface area contributed by atoms with Crippen LogP contribution in [-0.2, 0) is 0 Å². The molecule has 0 aliphatic heterocycles. The van der Waals surface area contributed by atoms with Crippen LogP contribution < -0.4 is 0 Å². The summed E-state index contributed by atoms with van der Waals surface area (Å²) in [6.45, 7) is 0. The standard InChI is InChI=1S/C57H33N5O2/c1-2-16-34(17-3-1)35-18-4-9-27-46(35)61-47-28-10-5-19-36(47)44-33-50-45(32-49(44)61)37-20-6-11-29-48(37)62(50)57-59-55(42-25-14-23-40-38-21-7-12-30-51(38)63-53(40)42)58-56(60-57)43-26-15-24-41-39-22-8-13-31-52(39)64-54(41)43/h1-33H. The smallest absolute Gasteiger partial charge is 0.238 e. The molecule has 7 heteroatoms. The number of benzene rings is 9. The molecule has 0 spiro atoms. The van der Waals surface area contributed by atoms with Crippen molar-refractivity contribution in [3.63, 3.8) is 0 Å². The van der Waals surface area contributed by atoms with Crippen molar-refractivity contribution in [2.24, 2.45) is 0 Å². The topological polar surface area (TPSA) is 74.8 Å². The van der Waals surface area contributed by atoms with E-state index in [0.29, 0.717) is 17.6 Å². The van der Waals surface area contributed by atoms with Gasteiger partial charge in [0.15, 0.2) is 11.6 Å². The van der Waals surface area contributed by atoms with Crippen LogP contribution >= 0.6 is 0 Å². The summed E-state index contributed by atoms with van der Waals surface area (Å²) in [5.74, 6) is 1.49. The van der Waals surface area contributed by atoms with Crippen LogP contribution in [0, 0.1) is 0 Å². The predicted octanol–water partition coefficient (Wildman–Crippen LogP) is 14.9. The van der Waals surface area contributed by atoms with Crippen LogP contribution in [0.3, 0.4) is 0 Å². The average Bonchev–Trinajstić information content (AvgIpc) is 4.11. The van der Waals surface area contributed by atoms with Gasteiger partial charge in [-0.3, -0.25) is 4.57 Å². The summed E-state index contributed by atoms with van der Waals surface area (Å²) < 4.78 is 17.8. The largest absolute Gasteiger partial charge is 0.455 e. The number of para-hydroxylation sites is 7. The van der Waals surface area contributed by atoms with Crippen LogP contribution in [0.25, 0.3) is 133 Å². The normalized spacial score (nSPS) is 12.1. The van der Waals surface area contributed by atoms with Gasteiger partial charge in [0.05, 0.1) is 38.9 Å². The highest BCUT2D eigenvalue weighted by Crippen LogP contribution is 2.43. The lowest BCUT2D eigenvalue weighted by atomic mass is 10.0. The summed E-state index contributed by atoms with van der Waals surface area (Å²) in [6, 6.07) is 69.8. The molecule has 0 saturated carbocycles. The van der Waals surface area contributed by atoms with Gasteiger partial charge in [0.1, 0.15) is 22.3 Å². The molecular formula is C57H33N5O2. The second-order valence-electron chi connectivity index (χ2n) is 16.3. The Morgan fingerprint density at radius 2 is 0.766 bits per heavy atom. The second kappa shape index (κ2) is 13.3. The summed E-state index contributed by atoms with van der Waals surface area (Å²) in [4.78, 5) is 16.1. The first-order valence-electron chi connectivity index (χ1n) is 21.4. The molecule has 0 radical (unpaired) electrons. The quantitative estimate of drug-likeness (QED) is 0.173. The Balaban J connectivity index is 1.08. The van der Waals surface area contributed by atoms with Gasteiger partial charge in [0.2, 0.25) is 5.95 Å². The van der Waals surface area contributed by atoms with Gasteiger partial charge in [-0.2, -0.15) is 9.97 Å². The Morgan fingerprint density at radius 1 is 0.312 bits per heavy atom. The van der Waals surface area contributed by atoms with E-state index in [0.717, 1.165) is 110 Å². The molecule has 0 unspecified atom stereocenters. The molecule has 0 amide bonds. The minimum Gasteiger partial charge on any atom is -0.455 e. The number of fused-ring (bicyclic) bond motifs is 12. The summed E-state index contributed by atoms with van der Waals surface area (Å²) in [5.41, 5.74) is 12.3. The lowest BCUT2D eigenvalue weighted by Crippen LogP contribution is -2.06. The van der Waals surface area contributed by atoms with E-state index in [1.807, 2.05) is 60.7 Å². The maximum absolute atomic E-state index is 6.60. The maximum atomic E-state index is 6.60. The maximum Gasteiger partial charge on any atom is 0.238 e. The SMILES string of the molecule is c1ccc(-c2ccccc2-n2c3ccccc3c3cc4c(cc32)c2ccccc2n4-c2nc(-c3cccc4c3oc3ccccc34)nc(-c3cccc4c3oc3ccccc34)n2)cc1. The van der Waals surface area contributed by atoms with Crippen molar-refractivity contribution in [1.29, 1.82) is 0 Å². The number of nitrogens with zero attached hydrogens (tertiary/aromatic N) is 5. The third kappa shape index (κ3) is 5.00. The molecule has 7 nitrogen and oxygen atoms in total. The first kappa shape index (κ1) is 34.9. The van der Waals surface area contributed by atoms with E-state index in [1.54, 1.807) is 0 Å². The molecule has 64 heavy (non-hydrogen) atoms. The van der Waals surface area contributed by atoms with Gasteiger partial charge in [0, 0.05) is 48.7 Å². The Morgan fingerprint density at radius 3 is 1.38 bits per heavy atom. The van der Waals surface area contributed by atoms with Gasteiger partial charge in [-0.25, -0.2) is 4.98 Å². The van der Waals surface area contributed by atoms with Gasteiger partial charge < -0.3 is 13.4 Å². The fourth-order valence-corrected chi connectivity index (χ4v) is 9.99. The van der Waals surface area contributed by atoms with E-state index in [4.69, 9.17) is 23.8 Å². The average molecular weight is 820 g/mol. The Kier molecular flexibility index (Phi) is 7.27. The second-order valence-corrected chi connectivity index (χ2v) is 16.3. The molecule has 9 aromatic carbocycles. The van der Waals surface area contributed by atoms with Crippen molar-refractivity contribution in [2.45, 2.75) is 0 Å². The molecule has 0 atom stereocenters. The van der Waals surface area contributed by atoms with Crippen LogP contribution in [0.15, 0.2) is 209 Å². The molecule has 0 N–H and O–H groups in total. The molecule has 0 aliphatic rings. The monoisotopic (exact) mass is 819 g/mol. The third-order valence-corrected chi connectivity index (χ3v) is 12.8. The highest BCUT2D eigenvalue weighted by Gasteiger charge is 2.24. The molecule has 0 saturated heterocycles. The van der Waals surface area contributed by atoms with Crippen molar-refractivity contribution in [1.82, 2.24) is 24.1 Å². The van der Waals surface area contributed by atoms with E-state index >= 15 is 0 Å². The number of furan rings is 2. The Hall–Kier alpha value is -8.81. The highest BCUT2D eigenvalue weighted by atomic mass is 16.3. The summed E-state index contributed by atoms with van der Waals surface area (Å²) >= 11 is 0. The van der Waals surface area contributed by atoms with E-state index in [-0.39, 0.29) is 0 Å². The number of hydrogen-bond donors (Lipinski definition) is 0. The fraction of sp³-hybridized carbons (Fsp3) is 0. The zero-order chi connectivity index (χ0) is 41.9. The van der Waals surface area contributed by atoms with E-state index in [1.165, 1.54) is 5.56 Å². The lowest BCUT2D eigenvalue weighted by molar-refractivity contribution is 0.669. The van der Waals surface area contributed by atoms with Gasteiger partial charge in [-0.15, -0.1) is 0 Å². The molecule has 0 aliphatic carbocycles. The number of aromatic nitrogens is 5. The van der Waals surface area contributed by atoms with E-state index in [2.05, 4.69) is 149 Å². The number of hydrogen-bond acceptors (Lipinski definition) is 5. The van der Waals surface area contributed by atoms with Crippen LogP contribution in [0.5, 0.6) is 0 Å². The van der Waals surface area contributed by atoms with Crippen LogP contribution in [0.2, 0.25) is 0 Å². The molecule has 298 valence electrons. The molecule has 5 aromatic heterocycles. The summed E-state index contributed by atoms with van der Waals surface area (Å²) in [6.07, 6.45) is 0. The zero-order valence-corrected chi connectivity index (χ0v) is 34.1. The Bertz CT molecular complexity index is 4080. The fourth-order valence-electron chi connectivity index (χ4n) is 9.99. The molecule has 14 rings (SSSR count). The molecule has 0 bridgehead atoms. The summed E-state index contributed by atoms with van der Waals surface area (Å²) in [7, 11) is 0. The molecule has 5 heterocycles. The first-order chi connectivity index (χ1) is 31.7. The van der Waals surface area contributed by atoms with Crippen LogP contribution in [0.4, 0.5) is 0 Å². The number of rotatable bonds is 5. The predicted molar refractivity (Wildman–Crippen MR) is 259 cm³/mol. The van der Waals surface area contributed by atoms with Crippen molar-refractivity contribution >= 4 is 87.5 Å². The zero-order valence-electron chi connectivity index (χ0n) is 34.1. The van der Waals surface area contributed by atoms with E-state index < -0.39 is 0 Å². The van der Waals surface area contributed by atoms with Gasteiger partial charge >= 0.3 is 0 Å². The minimum atomic E-state index is 0.491. The van der Waals surface area contributed by atoms with Crippen LogP contribution in [0.1, 0.15) is 0 Å². The van der Waals surface area contributed by atoms with Crippen molar-refractivity contribution < 1.29 is 8.83 Å². The van der Waals surface area contributed by atoms with Crippen molar-refractivity contribution in [3.8, 4) is 45.5 Å². The van der Waals surface area contributed by atoms with Crippen LogP contribution in [-0.4, -0.2) is 24.1 Å². The van der Waals surface area contributed by atoms with E-state index in [9.17, 15) is 0 Å².